The van der Waals surface area contributed by atoms with E-state index in [1.165, 1.54) is 37.7 Å². The van der Waals surface area contributed by atoms with Crippen LogP contribution >= 0.6 is 0 Å². The van der Waals surface area contributed by atoms with Crippen molar-refractivity contribution >= 4 is 65.0 Å². The first kappa shape index (κ1) is 22.3. The highest BCUT2D eigenvalue weighted by Crippen LogP contribution is 2.38. The maximum absolute atomic E-state index is 5.40. The zero-order valence-electron chi connectivity index (χ0n) is 22.1. The summed E-state index contributed by atoms with van der Waals surface area (Å²) in [6, 6.07) is 49.6. The van der Waals surface area contributed by atoms with Crippen molar-refractivity contribution in [2.24, 2.45) is 0 Å². The monoisotopic (exact) mass is 521 g/mol. The first-order valence-electron chi connectivity index (χ1n) is 13.9. The Bertz CT molecular complexity index is 2490. The van der Waals surface area contributed by atoms with Crippen LogP contribution in [0.25, 0.3) is 82.2 Å². The molecule has 0 unspecified atom stereocenters. The molecule has 0 atom stereocenters. The molecule has 0 amide bonds. The van der Waals surface area contributed by atoms with Crippen LogP contribution in [-0.4, -0.2) is 14.5 Å². The Hall–Kier alpha value is -5.54. The predicted molar refractivity (Wildman–Crippen MR) is 172 cm³/mol. The summed E-state index contributed by atoms with van der Waals surface area (Å²) >= 11 is 0. The van der Waals surface area contributed by atoms with Crippen LogP contribution in [0.15, 0.2) is 140 Å². The van der Waals surface area contributed by atoms with Crippen LogP contribution in [0.5, 0.6) is 0 Å². The first-order valence-corrected chi connectivity index (χ1v) is 13.9. The predicted octanol–water partition coefficient (Wildman–Crippen LogP) is 9.85. The Balaban J connectivity index is 1.44. The van der Waals surface area contributed by atoms with Crippen LogP contribution in [0.2, 0.25) is 0 Å². The third-order valence-corrected chi connectivity index (χ3v) is 8.34. The summed E-state index contributed by atoms with van der Waals surface area (Å²) in [5.74, 6) is 1.62. The Morgan fingerprint density at radius 1 is 0.390 bits per heavy atom. The van der Waals surface area contributed by atoms with Gasteiger partial charge in [0.25, 0.3) is 0 Å². The van der Waals surface area contributed by atoms with Crippen molar-refractivity contribution in [1.29, 1.82) is 0 Å². The molecule has 41 heavy (non-hydrogen) atoms. The van der Waals surface area contributed by atoms with Crippen molar-refractivity contribution in [2.75, 3.05) is 0 Å². The van der Waals surface area contributed by atoms with Crippen LogP contribution in [0, 0.1) is 0 Å². The smallest absolute Gasteiger partial charge is 0.162 e. The molecule has 0 saturated carbocycles. The van der Waals surface area contributed by atoms with Crippen molar-refractivity contribution in [3.63, 3.8) is 0 Å². The number of hydrogen-bond acceptors (Lipinski definition) is 2. The molecule has 0 aliphatic carbocycles. The van der Waals surface area contributed by atoms with Gasteiger partial charge in [0.2, 0.25) is 0 Å². The van der Waals surface area contributed by atoms with Crippen LogP contribution in [0.3, 0.4) is 0 Å². The normalized spacial score (nSPS) is 11.9. The van der Waals surface area contributed by atoms with E-state index in [4.69, 9.17) is 9.97 Å². The third kappa shape index (κ3) is 3.26. The number of fused-ring (bicyclic) bond motifs is 8. The Labute approximate surface area is 235 Å². The van der Waals surface area contributed by atoms with Gasteiger partial charge in [-0.3, -0.25) is 4.57 Å². The molecule has 9 aromatic rings. The number of hydrogen-bond donors (Lipinski definition) is 0. The van der Waals surface area contributed by atoms with Gasteiger partial charge in [-0.05, 0) is 68.7 Å². The van der Waals surface area contributed by atoms with Gasteiger partial charge in [-0.25, -0.2) is 9.97 Å². The fourth-order valence-electron chi connectivity index (χ4n) is 6.47. The van der Waals surface area contributed by atoms with Gasteiger partial charge in [-0.15, -0.1) is 0 Å². The number of nitrogens with zero attached hydrogens (tertiary/aromatic N) is 3. The minimum atomic E-state index is 0.729. The van der Waals surface area contributed by atoms with Crippen molar-refractivity contribution in [3.05, 3.63) is 140 Å². The van der Waals surface area contributed by atoms with Gasteiger partial charge < -0.3 is 0 Å². The van der Waals surface area contributed by atoms with Crippen LogP contribution in [0.1, 0.15) is 0 Å². The molecule has 0 fully saturated rings. The highest BCUT2D eigenvalue weighted by Gasteiger charge is 2.19. The van der Waals surface area contributed by atoms with Gasteiger partial charge in [-0.1, -0.05) is 103 Å². The zero-order chi connectivity index (χ0) is 26.9. The first-order chi connectivity index (χ1) is 20.3. The van der Waals surface area contributed by atoms with Crippen LogP contribution in [0.4, 0.5) is 0 Å². The lowest BCUT2D eigenvalue weighted by molar-refractivity contribution is 1.08. The quantitative estimate of drug-likeness (QED) is 0.212. The molecule has 2 heterocycles. The molecule has 0 saturated heterocycles. The van der Waals surface area contributed by atoms with E-state index < -0.39 is 0 Å². The number of aromatic nitrogens is 3. The van der Waals surface area contributed by atoms with Gasteiger partial charge in [-0.2, -0.15) is 0 Å². The fourth-order valence-corrected chi connectivity index (χ4v) is 6.47. The van der Waals surface area contributed by atoms with Gasteiger partial charge in [0.15, 0.2) is 5.82 Å². The summed E-state index contributed by atoms with van der Waals surface area (Å²) in [5.41, 5.74) is 4.24. The molecule has 2 aromatic heterocycles. The van der Waals surface area contributed by atoms with Gasteiger partial charge >= 0.3 is 0 Å². The highest BCUT2D eigenvalue weighted by molar-refractivity contribution is 6.15. The lowest BCUT2D eigenvalue weighted by Gasteiger charge is -2.14. The topological polar surface area (TPSA) is 30.7 Å². The molecule has 3 nitrogen and oxygen atoms in total. The minimum Gasteiger partial charge on any atom is -0.293 e. The average molecular weight is 522 g/mol. The summed E-state index contributed by atoms with van der Waals surface area (Å²) in [5, 5.41) is 10.7. The highest BCUT2D eigenvalue weighted by atomic mass is 15.1. The number of benzene rings is 7. The molecule has 0 N–H and O–H groups in total. The van der Waals surface area contributed by atoms with E-state index in [9.17, 15) is 0 Å². The maximum atomic E-state index is 5.40. The second-order valence-electron chi connectivity index (χ2n) is 10.6. The fraction of sp³-hybridized carbons (Fsp3) is 0. The average Bonchev–Trinajstić information content (AvgIpc) is 3.35. The van der Waals surface area contributed by atoms with Crippen LogP contribution < -0.4 is 0 Å². The van der Waals surface area contributed by atoms with Gasteiger partial charge in [0.1, 0.15) is 5.82 Å². The molecule has 0 aliphatic heterocycles. The Kier molecular flexibility index (Phi) is 4.61. The summed E-state index contributed by atoms with van der Waals surface area (Å²) in [6.07, 6.45) is 0. The molecule has 0 bridgehead atoms. The molecular formula is C38H23N3. The van der Waals surface area contributed by atoms with Crippen molar-refractivity contribution in [1.82, 2.24) is 14.5 Å². The van der Waals surface area contributed by atoms with E-state index in [1.807, 2.05) is 0 Å². The molecule has 0 spiro atoms. The van der Waals surface area contributed by atoms with E-state index in [0.717, 1.165) is 44.5 Å². The Morgan fingerprint density at radius 3 is 1.83 bits per heavy atom. The largest absolute Gasteiger partial charge is 0.293 e. The van der Waals surface area contributed by atoms with Crippen molar-refractivity contribution < 1.29 is 0 Å². The Morgan fingerprint density at radius 2 is 1.00 bits per heavy atom. The van der Waals surface area contributed by atoms with Crippen molar-refractivity contribution in [3.8, 4) is 17.2 Å². The SMILES string of the molecule is c1ccc2cc3c(cc2c1)c1ccccc1n3-c1nc(-c2cc3ccccc3c3ccccc23)nc2ccccc12. The second kappa shape index (κ2) is 8.48. The number of para-hydroxylation sites is 2. The lowest BCUT2D eigenvalue weighted by atomic mass is 9.97. The standard InChI is InChI=1S/C38H23N3/c1-2-12-25-23-36-32(21-24(25)11-1)30-17-8-10-20-35(30)41(36)38-31-18-7-9-19-34(31)39-37(40-38)33-22-26-13-3-4-14-27(26)28-15-5-6-16-29(28)33/h1-23H. The minimum absolute atomic E-state index is 0.729. The molecular weight excluding hydrogens is 498 g/mol. The van der Waals surface area contributed by atoms with E-state index in [1.54, 1.807) is 0 Å². The van der Waals surface area contributed by atoms with Gasteiger partial charge in [0, 0.05) is 21.7 Å². The zero-order valence-corrected chi connectivity index (χ0v) is 22.1. The third-order valence-electron chi connectivity index (χ3n) is 8.34. The lowest BCUT2D eigenvalue weighted by Crippen LogP contribution is -2.03. The number of rotatable bonds is 2. The molecule has 7 aromatic carbocycles. The molecule has 190 valence electrons. The molecule has 3 heteroatoms. The molecule has 9 rings (SSSR count). The molecule has 0 aliphatic rings. The summed E-state index contributed by atoms with van der Waals surface area (Å²) in [6.45, 7) is 0. The summed E-state index contributed by atoms with van der Waals surface area (Å²) in [7, 11) is 0. The van der Waals surface area contributed by atoms with Crippen molar-refractivity contribution in [2.45, 2.75) is 0 Å². The van der Waals surface area contributed by atoms with Gasteiger partial charge in [0.05, 0.1) is 16.6 Å². The summed E-state index contributed by atoms with van der Waals surface area (Å²) < 4.78 is 2.33. The van der Waals surface area contributed by atoms with E-state index in [2.05, 4.69) is 144 Å². The maximum Gasteiger partial charge on any atom is 0.162 e. The summed E-state index contributed by atoms with van der Waals surface area (Å²) in [4.78, 5) is 10.6. The molecule has 0 radical (unpaired) electrons. The van der Waals surface area contributed by atoms with E-state index >= 15 is 0 Å². The second-order valence-corrected chi connectivity index (χ2v) is 10.6. The van der Waals surface area contributed by atoms with E-state index in [0.29, 0.717) is 0 Å². The van der Waals surface area contributed by atoms with Crippen LogP contribution in [-0.2, 0) is 0 Å². The van der Waals surface area contributed by atoms with E-state index in [-0.39, 0.29) is 0 Å².